The first-order chi connectivity index (χ1) is 6.33. The van der Waals surface area contributed by atoms with E-state index in [4.69, 9.17) is 0 Å². The van der Waals surface area contributed by atoms with Gasteiger partial charge in [0.25, 0.3) is 0 Å². The topological polar surface area (TPSA) is 48.2 Å². The summed E-state index contributed by atoms with van der Waals surface area (Å²) in [4.78, 5) is 11.1. The minimum Gasteiger partial charge on any atom is -0.468 e. The van der Waals surface area contributed by atoms with Crippen molar-refractivity contribution in [3.05, 3.63) is 35.9 Å². The second kappa shape index (κ2) is 3.18. The van der Waals surface area contributed by atoms with E-state index in [0.29, 0.717) is 0 Å². The third-order valence-electron chi connectivity index (χ3n) is 2.20. The molecule has 1 fully saturated rings. The van der Waals surface area contributed by atoms with Gasteiger partial charge in [-0.1, -0.05) is 30.3 Å². The van der Waals surface area contributed by atoms with Gasteiger partial charge >= 0.3 is 5.97 Å². The molecule has 0 saturated carbocycles. The molecule has 1 unspecified atom stereocenters. The summed E-state index contributed by atoms with van der Waals surface area (Å²) in [7, 11) is 1.41. The Morgan fingerprint density at radius 1 is 1.38 bits per heavy atom. The zero-order chi connectivity index (χ0) is 9.26. The Balaban J connectivity index is 2.04. The Morgan fingerprint density at radius 3 is 2.69 bits per heavy atom. The molecule has 2 atom stereocenters. The fourth-order valence-electron chi connectivity index (χ4n) is 1.42. The quantitative estimate of drug-likeness (QED) is 0.538. The van der Waals surface area contributed by atoms with Gasteiger partial charge in [0.2, 0.25) is 0 Å². The Morgan fingerprint density at radius 2 is 2.08 bits per heavy atom. The number of benzene rings is 1. The Bertz CT molecular complexity index is 310. The molecular formula is C10H11NO2. The molecule has 1 saturated heterocycles. The van der Waals surface area contributed by atoms with Gasteiger partial charge in [-0.15, -0.1) is 0 Å². The predicted octanol–water partition coefficient (Wildman–Crippen LogP) is 0.872. The fourth-order valence-corrected chi connectivity index (χ4v) is 1.42. The van der Waals surface area contributed by atoms with Crippen molar-refractivity contribution in [3.63, 3.8) is 0 Å². The zero-order valence-corrected chi connectivity index (χ0v) is 7.36. The van der Waals surface area contributed by atoms with Crippen molar-refractivity contribution in [1.29, 1.82) is 0 Å². The molecule has 1 aromatic carbocycles. The highest BCUT2D eigenvalue weighted by atomic mass is 16.5. The van der Waals surface area contributed by atoms with Gasteiger partial charge < -0.3 is 4.74 Å². The first-order valence-electron chi connectivity index (χ1n) is 4.22. The molecule has 1 N–H and O–H groups in total. The molecule has 1 aliphatic rings. The van der Waals surface area contributed by atoms with E-state index in [1.54, 1.807) is 0 Å². The summed E-state index contributed by atoms with van der Waals surface area (Å²) in [6.07, 6.45) is 0. The van der Waals surface area contributed by atoms with Crippen LogP contribution >= 0.6 is 0 Å². The lowest BCUT2D eigenvalue weighted by Gasteiger charge is -1.96. The van der Waals surface area contributed by atoms with Crippen molar-refractivity contribution in [2.24, 2.45) is 0 Å². The third-order valence-corrected chi connectivity index (χ3v) is 2.20. The average Bonchev–Trinajstić information content (AvgIpc) is 2.98. The van der Waals surface area contributed by atoms with Crippen molar-refractivity contribution in [2.75, 3.05) is 7.11 Å². The number of hydrogen-bond acceptors (Lipinski definition) is 3. The second-order valence-corrected chi connectivity index (χ2v) is 3.06. The fraction of sp³-hybridized carbons (Fsp3) is 0.300. The van der Waals surface area contributed by atoms with E-state index in [1.807, 2.05) is 30.3 Å². The van der Waals surface area contributed by atoms with Crippen LogP contribution in [0.4, 0.5) is 0 Å². The number of hydrogen-bond donors (Lipinski definition) is 1. The zero-order valence-electron chi connectivity index (χ0n) is 7.36. The van der Waals surface area contributed by atoms with Gasteiger partial charge in [-0.05, 0) is 5.56 Å². The predicted molar refractivity (Wildman–Crippen MR) is 48.1 cm³/mol. The molecule has 1 heterocycles. The number of carbonyl (C=O) groups is 1. The summed E-state index contributed by atoms with van der Waals surface area (Å²) in [6, 6.07) is 9.88. The monoisotopic (exact) mass is 177 g/mol. The lowest BCUT2D eigenvalue weighted by atomic mass is 10.1. The van der Waals surface area contributed by atoms with E-state index in [9.17, 15) is 4.79 Å². The molecule has 1 aliphatic heterocycles. The van der Waals surface area contributed by atoms with Crippen molar-refractivity contribution in [3.8, 4) is 0 Å². The smallest absolute Gasteiger partial charge is 0.324 e. The van der Waals surface area contributed by atoms with Crippen LogP contribution in [0.2, 0.25) is 0 Å². The molecule has 3 nitrogen and oxygen atoms in total. The molecule has 68 valence electrons. The van der Waals surface area contributed by atoms with Crippen LogP contribution in [0.15, 0.2) is 30.3 Å². The first-order valence-corrected chi connectivity index (χ1v) is 4.22. The minimum absolute atomic E-state index is 0.146. The highest BCUT2D eigenvalue weighted by Crippen LogP contribution is 2.29. The number of rotatable bonds is 2. The largest absolute Gasteiger partial charge is 0.468 e. The lowest BCUT2D eigenvalue weighted by molar-refractivity contribution is -0.140. The standard InChI is InChI=1S/C10H11NO2/c1-13-10(12)9-8(11-9)7-5-3-2-4-6-7/h2-6,8-9,11H,1H3/t8?,9-/m1/s1. The summed E-state index contributed by atoms with van der Waals surface area (Å²) in [6.45, 7) is 0. The molecular weight excluding hydrogens is 166 g/mol. The number of esters is 1. The second-order valence-electron chi connectivity index (χ2n) is 3.06. The number of ether oxygens (including phenoxy) is 1. The van der Waals surface area contributed by atoms with E-state index in [1.165, 1.54) is 7.11 Å². The summed E-state index contributed by atoms with van der Waals surface area (Å²) in [5.41, 5.74) is 1.14. The molecule has 0 aliphatic carbocycles. The number of carbonyl (C=O) groups excluding carboxylic acids is 1. The van der Waals surface area contributed by atoms with Gasteiger partial charge in [-0.3, -0.25) is 10.1 Å². The maximum atomic E-state index is 11.1. The summed E-state index contributed by atoms with van der Waals surface area (Å²) < 4.78 is 4.62. The van der Waals surface area contributed by atoms with Gasteiger partial charge in [0, 0.05) is 0 Å². The molecule has 0 amide bonds. The lowest BCUT2D eigenvalue weighted by Crippen LogP contribution is -2.11. The van der Waals surface area contributed by atoms with Crippen molar-refractivity contribution < 1.29 is 9.53 Å². The van der Waals surface area contributed by atoms with Crippen molar-refractivity contribution in [2.45, 2.75) is 12.1 Å². The van der Waals surface area contributed by atoms with E-state index in [2.05, 4.69) is 10.1 Å². The van der Waals surface area contributed by atoms with Crippen LogP contribution in [0.25, 0.3) is 0 Å². The molecule has 0 radical (unpaired) electrons. The highest BCUT2D eigenvalue weighted by molar-refractivity contribution is 5.80. The molecule has 0 aromatic heterocycles. The van der Waals surface area contributed by atoms with Gasteiger partial charge in [0.15, 0.2) is 0 Å². The Labute approximate surface area is 76.7 Å². The molecule has 3 heteroatoms. The van der Waals surface area contributed by atoms with Crippen LogP contribution in [-0.4, -0.2) is 19.1 Å². The first kappa shape index (κ1) is 8.26. The third kappa shape index (κ3) is 1.55. The Hall–Kier alpha value is -1.35. The highest BCUT2D eigenvalue weighted by Gasteiger charge is 2.44. The number of nitrogens with one attached hydrogen (secondary N) is 1. The molecule has 2 rings (SSSR count). The summed E-state index contributed by atoms with van der Waals surface area (Å²) in [5.74, 6) is -0.186. The van der Waals surface area contributed by atoms with Crippen molar-refractivity contribution >= 4 is 5.97 Å². The normalized spacial score (nSPS) is 25.3. The maximum absolute atomic E-state index is 11.1. The van der Waals surface area contributed by atoms with E-state index in [-0.39, 0.29) is 18.1 Å². The molecule has 0 spiro atoms. The average molecular weight is 177 g/mol. The minimum atomic E-state index is -0.186. The van der Waals surface area contributed by atoms with Crippen molar-refractivity contribution in [1.82, 2.24) is 5.32 Å². The van der Waals surface area contributed by atoms with Crippen LogP contribution in [0.1, 0.15) is 11.6 Å². The van der Waals surface area contributed by atoms with E-state index in [0.717, 1.165) is 5.56 Å². The van der Waals surface area contributed by atoms with Crippen LogP contribution in [-0.2, 0) is 9.53 Å². The Kier molecular flexibility index (Phi) is 2.02. The summed E-state index contributed by atoms with van der Waals surface area (Å²) in [5, 5.41) is 3.06. The van der Waals surface area contributed by atoms with E-state index < -0.39 is 0 Å². The van der Waals surface area contributed by atoms with Crippen LogP contribution in [0, 0.1) is 0 Å². The van der Waals surface area contributed by atoms with Crippen LogP contribution < -0.4 is 5.32 Å². The van der Waals surface area contributed by atoms with Gasteiger partial charge in [-0.25, -0.2) is 0 Å². The van der Waals surface area contributed by atoms with Gasteiger partial charge in [-0.2, -0.15) is 0 Å². The SMILES string of the molecule is COC(=O)[C@@H]1NC1c1ccccc1. The molecule has 1 aromatic rings. The summed E-state index contributed by atoms with van der Waals surface area (Å²) >= 11 is 0. The molecule has 0 bridgehead atoms. The molecule has 13 heavy (non-hydrogen) atoms. The number of methoxy groups -OCH3 is 1. The van der Waals surface area contributed by atoms with Gasteiger partial charge in [0.05, 0.1) is 13.2 Å². The maximum Gasteiger partial charge on any atom is 0.324 e. The van der Waals surface area contributed by atoms with Crippen LogP contribution in [0.3, 0.4) is 0 Å². The van der Waals surface area contributed by atoms with E-state index >= 15 is 0 Å². The van der Waals surface area contributed by atoms with Crippen LogP contribution in [0.5, 0.6) is 0 Å². The van der Waals surface area contributed by atoms with Gasteiger partial charge in [0.1, 0.15) is 6.04 Å².